The standard InChI is InChI=1S/C20H22N4/c1-14(21)19-6-2-4-17-13-24(23-20(17)19)18-9-7-15(8-10-18)16-5-3-11-22-12-16/h2,4,6-10,13,16,22H,1,3,5,11-12,21H2. The lowest BCUT2D eigenvalue weighted by molar-refractivity contribution is 0.461. The maximum atomic E-state index is 5.88. The molecule has 0 aliphatic carbocycles. The fourth-order valence-corrected chi connectivity index (χ4v) is 3.47. The van der Waals surface area contributed by atoms with E-state index in [0.717, 1.165) is 35.2 Å². The van der Waals surface area contributed by atoms with Crippen LogP contribution in [0.5, 0.6) is 0 Å². The maximum Gasteiger partial charge on any atom is 0.102 e. The SMILES string of the molecule is C=C(N)c1cccc2cn(-c3ccc(C4CCCNC4)cc3)nc12. The first-order valence-electron chi connectivity index (χ1n) is 8.46. The zero-order valence-electron chi connectivity index (χ0n) is 13.7. The number of nitrogens with one attached hydrogen (secondary N) is 1. The first kappa shape index (κ1) is 15.0. The van der Waals surface area contributed by atoms with E-state index >= 15 is 0 Å². The number of nitrogens with two attached hydrogens (primary N) is 1. The van der Waals surface area contributed by atoms with Gasteiger partial charge in [-0.2, -0.15) is 5.10 Å². The number of nitrogens with zero attached hydrogens (tertiary/aromatic N) is 2. The van der Waals surface area contributed by atoms with Gasteiger partial charge in [-0.05, 0) is 43.0 Å². The van der Waals surface area contributed by atoms with Crippen molar-refractivity contribution >= 4 is 16.6 Å². The third-order valence-corrected chi connectivity index (χ3v) is 4.81. The third kappa shape index (κ3) is 2.69. The lowest BCUT2D eigenvalue weighted by Crippen LogP contribution is -2.28. The predicted octanol–water partition coefficient (Wildman–Crippen LogP) is 3.42. The predicted molar refractivity (Wildman–Crippen MR) is 99.1 cm³/mol. The van der Waals surface area contributed by atoms with Crippen molar-refractivity contribution < 1.29 is 0 Å². The molecule has 2 aromatic carbocycles. The Morgan fingerprint density at radius 1 is 1.21 bits per heavy atom. The highest BCUT2D eigenvalue weighted by atomic mass is 15.3. The molecule has 4 rings (SSSR count). The van der Waals surface area contributed by atoms with Crippen LogP contribution < -0.4 is 11.1 Å². The molecule has 122 valence electrons. The molecule has 1 unspecified atom stereocenters. The molecule has 1 saturated heterocycles. The molecule has 0 spiro atoms. The molecule has 1 fully saturated rings. The van der Waals surface area contributed by atoms with Gasteiger partial charge in [0.15, 0.2) is 0 Å². The van der Waals surface area contributed by atoms with Crippen LogP contribution in [-0.2, 0) is 0 Å². The van der Waals surface area contributed by atoms with Crippen molar-refractivity contribution in [3.63, 3.8) is 0 Å². The number of rotatable bonds is 3. The summed E-state index contributed by atoms with van der Waals surface area (Å²) in [6.07, 6.45) is 4.56. The van der Waals surface area contributed by atoms with Crippen molar-refractivity contribution in [1.82, 2.24) is 15.1 Å². The Labute approximate surface area is 142 Å². The smallest absolute Gasteiger partial charge is 0.102 e. The Balaban J connectivity index is 1.67. The zero-order valence-corrected chi connectivity index (χ0v) is 13.7. The van der Waals surface area contributed by atoms with Gasteiger partial charge in [0.25, 0.3) is 0 Å². The van der Waals surface area contributed by atoms with Crippen molar-refractivity contribution in [2.45, 2.75) is 18.8 Å². The van der Waals surface area contributed by atoms with Crippen molar-refractivity contribution in [3.05, 3.63) is 66.4 Å². The van der Waals surface area contributed by atoms with Crippen LogP contribution >= 0.6 is 0 Å². The largest absolute Gasteiger partial charge is 0.399 e. The van der Waals surface area contributed by atoms with Crippen molar-refractivity contribution in [1.29, 1.82) is 0 Å². The van der Waals surface area contributed by atoms with Crippen molar-refractivity contribution in [2.75, 3.05) is 13.1 Å². The summed E-state index contributed by atoms with van der Waals surface area (Å²) < 4.78 is 1.92. The Kier molecular flexibility index (Phi) is 3.82. The van der Waals surface area contributed by atoms with E-state index in [2.05, 4.69) is 36.2 Å². The van der Waals surface area contributed by atoms with Gasteiger partial charge in [-0.3, -0.25) is 0 Å². The molecule has 2 heterocycles. The third-order valence-electron chi connectivity index (χ3n) is 4.81. The molecule has 24 heavy (non-hydrogen) atoms. The molecule has 3 N–H and O–H groups in total. The van der Waals surface area contributed by atoms with Crippen molar-refractivity contribution in [3.8, 4) is 5.69 Å². The molecule has 0 amide bonds. The first-order chi connectivity index (χ1) is 11.7. The summed E-state index contributed by atoms with van der Waals surface area (Å²) in [6.45, 7) is 6.06. The number of hydrogen-bond acceptors (Lipinski definition) is 3. The first-order valence-corrected chi connectivity index (χ1v) is 8.46. The molecule has 1 aliphatic heterocycles. The molecule has 0 radical (unpaired) electrons. The highest BCUT2D eigenvalue weighted by Gasteiger charge is 2.15. The van der Waals surface area contributed by atoms with E-state index in [9.17, 15) is 0 Å². The second-order valence-electron chi connectivity index (χ2n) is 6.48. The van der Waals surface area contributed by atoms with Crippen LogP contribution in [0.1, 0.15) is 29.9 Å². The Morgan fingerprint density at radius 3 is 2.75 bits per heavy atom. The molecule has 0 bridgehead atoms. The number of piperidine rings is 1. The van der Waals surface area contributed by atoms with Gasteiger partial charge in [-0.1, -0.05) is 36.9 Å². The second kappa shape index (κ2) is 6.13. The molecule has 1 aromatic heterocycles. The van der Waals surface area contributed by atoms with Crippen LogP contribution in [0.25, 0.3) is 22.3 Å². The lowest BCUT2D eigenvalue weighted by Gasteiger charge is -2.23. The van der Waals surface area contributed by atoms with Gasteiger partial charge in [0.2, 0.25) is 0 Å². The minimum atomic E-state index is 0.547. The monoisotopic (exact) mass is 318 g/mol. The lowest BCUT2D eigenvalue weighted by atomic mass is 9.92. The Bertz CT molecular complexity index is 870. The van der Waals surface area contributed by atoms with Gasteiger partial charge in [-0.25, -0.2) is 4.68 Å². The summed E-state index contributed by atoms with van der Waals surface area (Å²) in [5, 5.41) is 9.26. The fraction of sp³-hybridized carbons (Fsp3) is 0.250. The van der Waals surface area contributed by atoms with Crippen molar-refractivity contribution in [2.24, 2.45) is 5.73 Å². The van der Waals surface area contributed by atoms with Gasteiger partial charge in [0.05, 0.1) is 5.69 Å². The minimum absolute atomic E-state index is 0.547. The highest BCUT2D eigenvalue weighted by molar-refractivity contribution is 5.89. The summed E-state index contributed by atoms with van der Waals surface area (Å²) >= 11 is 0. The molecular formula is C20H22N4. The Morgan fingerprint density at radius 2 is 2.04 bits per heavy atom. The van der Waals surface area contributed by atoms with Gasteiger partial charge >= 0.3 is 0 Å². The molecule has 3 aromatic rings. The van der Waals surface area contributed by atoms with Gasteiger partial charge in [0, 0.05) is 29.4 Å². The fourth-order valence-electron chi connectivity index (χ4n) is 3.47. The minimum Gasteiger partial charge on any atom is -0.399 e. The zero-order chi connectivity index (χ0) is 16.5. The summed E-state index contributed by atoms with van der Waals surface area (Å²) in [5.41, 5.74) is 10.7. The number of aromatic nitrogens is 2. The van der Waals surface area contributed by atoms with Crippen LogP contribution in [0.15, 0.2) is 55.2 Å². The Hall–Kier alpha value is -2.59. The second-order valence-corrected chi connectivity index (χ2v) is 6.48. The molecule has 4 nitrogen and oxygen atoms in total. The quantitative estimate of drug-likeness (QED) is 0.778. The van der Waals surface area contributed by atoms with Crippen LogP contribution in [-0.4, -0.2) is 22.9 Å². The van der Waals surface area contributed by atoms with Crippen LogP contribution in [0.4, 0.5) is 0 Å². The van der Waals surface area contributed by atoms with E-state index in [1.807, 2.05) is 29.1 Å². The molecular weight excluding hydrogens is 296 g/mol. The van der Waals surface area contributed by atoms with Gasteiger partial charge in [-0.15, -0.1) is 0 Å². The van der Waals surface area contributed by atoms with Crippen LogP contribution in [0.2, 0.25) is 0 Å². The number of benzene rings is 2. The number of fused-ring (bicyclic) bond motifs is 1. The summed E-state index contributed by atoms with van der Waals surface area (Å²) in [4.78, 5) is 0. The normalized spacial score (nSPS) is 17.9. The van der Waals surface area contributed by atoms with Gasteiger partial charge < -0.3 is 11.1 Å². The van der Waals surface area contributed by atoms with Crippen LogP contribution in [0, 0.1) is 0 Å². The van der Waals surface area contributed by atoms with E-state index in [-0.39, 0.29) is 0 Å². The maximum absolute atomic E-state index is 5.88. The molecule has 0 saturated carbocycles. The van der Waals surface area contributed by atoms with E-state index < -0.39 is 0 Å². The topological polar surface area (TPSA) is 55.9 Å². The molecule has 1 aliphatic rings. The molecule has 4 heteroatoms. The average Bonchev–Trinajstić information content (AvgIpc) is 3.06. The highest BCUT2D eigenvalue weighted by Crippen LogP contribution is 2.25. The van der Waals surface area contributed by atoms with E-state index in [1.165, 1.54) is 18.4 Å². The van der Waals surface area contributed by atoms with E-state index in [0.29, 0.717) is 11.6 Å². The molecule has 1 atom stereocenters. The average molecular weight is 318 g/mol. The summed E-state index contributed by atoms with van der Waals surface area (Å²) in [7, 11) is 0. The summed E-state index contributed by atoms with van der Waals surface area (Å²) in [6, 6.07) is 14.7. The summed E-state index contributed by atoms with van der Waals surface area (Å²) in [5.74, 6) is 0.622. The van der Waals surface area contributed by atoms with E-state index in [1.54, 1.807) is 0 Å². The van der Waals surface area contributed by atoms with Crippen LogP contribution in [0.3, 0.4) is 0 Å². The van der Waals surface area contributed by atoms with Gasteiger partial charge in [0.1, 0.15) is 5.52 Å². The number of hydrogen-bond donors (Lipinski definition) is 2. The van der Waals surface area contributed by atoms with E-state index in [4.69, 9.17) is 10.8 Å².